The molecule has 0 aliphatic rings. The monoisotopic (exact) mass is 247 g/mol. The molecular weight excluding hydrogens is 234 g/mol. The number of aromatic carboxylic acids is 1. The molecule has 1 N–H and O–H groups in total. The van der Waals surface area contributed by atoms with Gasteiger partial charge in [-0.25, -0.2) is 4.79 Å². The van der Waals surface area contributed by atoms with Crippen LogP contribution in [0.1, 0.15) is 10.4 Å². The molecular formula is C13H13NO4. The van der Waals surface area contributed by atoms with E-state index in [0.29, 0.717) is 29.9 Å². The first-order valence-corrected chi connectivity index (χ1v) is 5.46. The van der Waals surface area contributed by atoms with Crippen LogP contribution in [-0.4, -0.2) is 36.4 Å². The Labute approximate surface area is 104 Å². The van der Waals surface area contributed by atoms with E-state index in [1.54, 1.807) is 25.3 Å². The zero-order chi connectivity index (χ0) is 13.0. The molecule has 2 aromatic rings. The summed E-state index contributed by atoms with van der Waals surface area (Å²) in [6.07, 6.45) is 1.48. The number of rotatable bonds is 5. The smallest absolute Gasteiger partial charge is 0.336 e. The van der Waals surface area contributed by atoms with Crippen LogP contribution in [0.4, 0.5) is 0 Å². The van der Waals surface area contributed by atoms with Crippen molar-refractivity contribution in [2.24, 2.45) is 0 Å². The zero-order valence-corrected chi connectivity index (χ0v) is 9.92. The topological polar surface area (TPSA) is 68.7 Å². The molecule has 0 saturated carbocycles. The second-order valence-electron chi connectivity index (χ2n) is 3.68. The molecule has 0 bridgehead atoms. The van der Waals surface area contributed by atoms with E-state index in [1.165, 1.54) is 12.3 Å². The van der Waals surface area contributed by atoms with Crippen LogP contribution in [0.25, 0.3) is 10.9 Å². The SMILES string of the molecule is COCCOc1ccc2nccc(C(=O)O)c2c1. The average molecular weight is 247 g/mol. The Morgan fingerprint density at radius 1 is 1.33 bits per heavy atom. The Morgan fingerprint density at radius 2 is 2.17 bits per heavy atom. The number of aromatic nitrogens is 1. The normalized spacial score (nSPS) is 10.5. The molecule has 2 rings (SSSR count). The fraction of sp³-hybridized carbons (Fsp3) is 0.231. The molecule has 0 spiro atoms. The van der Waals surface area contributed by atoms with Crippen molar-refractivity contribution in [1.82, 2.24) is 4.98 Å². The summed E-state index contributed by atoms with van der Waals surface area (Å²) < 4.78 is 10.3. The van der Waals surface area contributed by atoms with Crippen LogP contribution in [0, 0.1) is 0 Å². The number of nitrogens with zero attached hydrogens (tertiary/aromatic N) is 1. The number of methoxy groups -OCH3 is 1. The lowest BCUT2D eigenvalue weighted by atomic mass is 10.1. The summed E-state index contributed by atoms with van der Waals surface area (Å²) in [6.45, 7) is 0.904. The maximum Gasteiger partial charge on any atom is 0.336 e. The van der Waals surface area contributed by atoms with Gasteiger partial charge in [0.25, 0.3) is 0 Å². The van der Waals surface area contributed by atoms with Gasteiger partial charge in [0, 0.05) is 18.7 Å². The number of pyridine rings is 1. The van der Waals surface area contributed by atoms with Gasteiger partial charge in [-0.1, -0.05) is 0 Å². The van der Waals surface area contributed by atoms with Crippen molar-refractivity contribution < 1.29 is 19.4 Å². The zero-order valence-electron chi connectivity index (χ0n) is 9.92. The van der Waals surface area contributed by atoms with E-state index in [1.807, 2.05) is 0 Å². The summed E-state index contributed by atoms with van der Waals surface area (Å²) in [7, 11) is 1.59. The number of hydrogen-bond donors (Lipinski definition) is 1. The minimum atomic E-state index is -0.976. The molecule has 0 saturated heterocycles. The summed E-state index contributed by atoms with van der Waals surface area (Å²) in [5.74, 6) is -0.369. The van der Waals surface area contributed by atoms with Crippen molar-refractivity contribution in [2.75, 3.05) is 20.3 Å². The highest BCUT2D eigenvalue weighted by atomic mass is 16.5. The highest BCUT2D eigenvalue weighted by Gasteiger charge is 2.09. The first-order valence-electron chi connectivity index (χ1n) is 5.46. The Kier molecular flexibility index (Phi) is 3.74. The van der Waals surface area contributed by atoms with Crippen LogP contribution >= 0.6 is 0 Å². The van der Waals surface area contributed by atoms with Crippen LogP contribution in [0.2, 0.25) is 0 Å². The number of carbonyl (C=O) groups is 1. The lowest BCUT2D eigenvalue weighted by Gasteiger charge is -2.07. The van der Waals surface area contributed by atoms with Gasteiger partial charge < -0.3 is 14.6 Å². The number of carboxylic acids is 1. The fourth-order valence-electron chi connectivity index (χ4n) is 1.64. The predicted octanol–water partition coefficient (Wildman–Crippen LogP) is 1.96. The van der Waals surface area contributed by atoms with Gasteiger partial charge in [0.1, 0.15) is 12.4 Å². The summed E-state index contributed by atoms with van der Waals surface area (Å²) in [6, 6.07) is 6.66. The van der Waals surface area contributed by atoms with E-state index in [-0.39, 0.29) is 5.56 Å². The van der Waals surface area contributed by atoms with Crippen LogP contribution in [0.3, 0.4) is 0 Å². The number of ether oxygens (including phenoxy) is 2. The first-order chi connectivity index (χ1) is 8.72. The molecule has 0 aliphatic carbocycles. The standard InChI is InChI=1S/C13H13NO4/c1-17-6-7-18-9-2-3-12-11(8-9)10(13(15)16)4-5-14-12/h2-5,8H,6-7H2,1H3,(H,15,16). The van der Waals surface area contributed by atoms with E-state index < -0.39 is 5.97 Å². The van der Waals surface area contributed by atoms with Gasteiger partial charge in [0.15, 0.2) is 0 Å². The summed E-state index contributed by atoms with van der Waals surface area (Å²) in [4.78, 5) is 15.2. The molecule has 1 heterocycles. The quantitative estimate of drug-likeness (QED) is 0.818. The third-order valence-electron chi connectivity index (χ3n) is 2.50. The Bertz CT molecular complexity index is 568. The molecule has 0 unspecified atom stereocenters. The maximum atomic E-state index is 11.1. The second kappa shape index (κ2) is 5.46. The molecule has 94 valence electrons. The Morgan fingerprint density at radius 3 is 2.89 bits per heavy atom. The minimum Gasteiger partial charge on any atom is -0.491 e. The van der Waals surface area contributed by atoms with Gasteiger partial charge >= 0.3 is 5.97 Å². The number of fused-ring (bicyclic) bond motifs is 1. The van der Waals surface area contributed by atoms with Gasteiger partial charge in [0.2, 0.25) is 0 Å². The van der Waals surface area contributed by atoms with Crippen molar-refractivity contribution in [3.05, 3.63) is 36.0 Å². The summed E-state index contributed by atoms with van der Waals surface area (Å²) >= 11 is 0. The van der Waals surface area contributed by atoms with Gasteiger partial charge in [-0.05, 0) is 24.3 Å². The molecule has 0 fully saturated rings. The third-order valence-corrected chi connectivity index (χ3v) is 2.50. The molecule has 0 amide bonds. The van der Waals surface area contributed by atoms with Crippen LogP contribution in [0.15, 0.2) is 30.5 Å². The highest BCUT2D eigenvalue weighted by molar-refractivity contribution is 6.02. The lowest BCUT2D eigenvalue weighted by molar-refractivity contribution is 0.0699. The van der Waals surface area contributed by atoms with Gasteiger partial charge in [-0.15, -0.1) is 0 Å². The summed E-state index contributed by atoms with van der Waals surface area (Å²) in [5, 5.41) is 9.67. The molecule has 18 heavy (non-hydrogen) atoms. The predicted molar refractivity (Wildman–Crippen MR) is 66.1 cm³/mol. The minimum absolute atomic E-state index is 0.220. The summed E-state index contributed by atoms with van der Waals surface area (Å²) in [5.41, 5.74) is 0.853. The van der Waals surface area contributed by atoms with Crippen LogP contribution in [0.5, 0.6) is 5.75 Å². The van der Waals surface area contributed by atoms with Gasteiger partial charge in [-0.2, -0.15) is 0 Å². The van der Waals surface area contributed by atoms with Crippen molar-refractivity contribution in [3.8, 4) is 5.75 Å². The van der Waals surface area contributed by atoms with Gasteiger partial charge in [-0.3, -0.25) is 4.98 Å². The number of benzene rings is 1. The Balaban J connectivity index is 2.36. The average Bonchev–Trinajstić information content (AvgIpc) is 2.38. The van der Waals surface area contributed by atoms with Crippen molar-refractivity contribution in [1.29, 1.82) is 0 Å². The molecule has 0 atom stereocenters. The molecule has 1 aromatic heterocycles. The molecule has 5 nitrogen and oxygen atoms in total. The van der Waals surface area contributed by atoms with Crippen LogP contribution < -0.4 is 4.74 Å². The fourth-order valence-corrected chi connectivity index (χ4v) is 1.64. The third kappa shape index (κ3) is 2.57. The Hall–Kier alpha value is -2.14. The van der Waals surface area contributed by atoms with Crippen molar-refractivity contribution in [3.63, 3.8) is 0 Å². The van der Waals surface area contributed by atoms with E-state index in [4.69, 9.17) is 14.6 Å². The van der Waals surface area contributed by atoms with E-state index >= 15 is 0 Å². The first kappa shape index (κ1) is 12.3. The van der Waals surface area contributed by atoms with Gasteiger partial charge in [0.05, 0.1) is 17.7 Å². The number of carboxylic acid groups (broad SMARTS) is 1. The van der Waals surface area contributed by atoms with Crippen molar-refractivity contribution in [2.45, 2.75) is 0 Å². The highest BCUT2D eigenvalue weighted by Crippen LogP contribution is 2.22. The van der Waals surface area contributed by atoms with Crippen LogP contribution in [-0.2, 0) is 4.74 Å². The number of hydrogen-bond acceptors (Lipinski definition) is 4. The van der Waals surface area contributed by atoms with E-state index in [0.717, 1.165) is 0 Å². The molecule has 0 aliphatic heterocycles. The molecule has 0 radical (unpaired) electrons. The maximum absolute atomic E-state index is 11.1. The molecule has 5 heteroatoms. The second-order valence-corrected chi connectivity index (χ2v) is 3.68. The lowest BCUT2D eigenvalue weighted by Crippen LogP contribution is -2.04. The molecule has 1 aromatic carbocycles. The van der Waals surface area contributed by atoms with E-state index in [9.17, 15) is 4.79 Å². The van der Waals surface area contributed by atoms with Crippen molar-refractivity contribution >= 4 is 16.9 Å². The van der Waals surface area contributed by atoms with E-state index in [2.05, 4.69) is 4.98 Å². The largest absolute Gasteiger partial charge is 0.491 e.